The van der Waals surface area contributed by atoms with Crippen LogP contribution in [0.4, 0.5) is 4.39 Å². The molecule has 1 rings (SSSR count). The second-order valence-electron chi connectivity index (χ2n) is 4.40. The Balaban J connectivity index is 2.62. The quantitative estimate of drug-likeness (QED) is 0.808. The topological polar surface area (TPSA) is 55.1 Å². The molecule has 1 aromatic carbocycles. The number of amides is 1. The van der Waals surface area contributed by atoms with Crippen LogP contribution in [0.25, 0.3) is 0 Å². The number of rotatable bonds is 4. The first-order chi connectivity index (χ1) is 7.44. The van der Waals surface area contributed by atoms with Gasteiger partial charge in [-0.2, -0.15) is 0 Å². The highest BCUT2D eigenvalue weighted by Crippen LogP contribution is 2.08. The minimum Gasteiger partial charge on any atom is -0.350 e. The third kappa shape index (κ3) is 3.62. The van der Waals surface area contributed by atoms with Gasteiger partial charge >= 0.3 is 0 Å². The summed E-state index contributed by atoms with van der Waals surface area (Å²) in [5.41, 5.74) is 5.43. The molecule has 0 aromatic heterocycles. The molecule has 0 saturated carbocycles. The molecule has 1 amide bonds. The lowest BCUT2D eigenvalue weighted by Gasteiger charge is -2.24. The second-order valence-corrected chi connectivity index (χ2v) is 4.40. The van der Waals surface area contributed by atoms with E-state index in [0.29, 0.717) is 12.1 Å². The SMILES string of the molecule is CC(C)(CN)NC(=O)Cc1ccccc1F. The molecule has 0 fully saturated rings. The van der Waals surface area contributed by atoms with Crippen LogP contribution in [0, 0.1) is 5.82 Å². The molecule has 0 heterocycles. The van der Waals surface area contributed by atoms with E-state index in [1.54, 1.807) is 18.2 Å². The lowest BCUT2D eigenvalue weighted by molar-refractivity contribution is -0.121. The fraction of sp³-hybridized carbons (Fsp3) is 0.417. The molecular weight excluding hydrogens is 207 g/mol. The summed E-state index contributed by atoms with van der Waals surface area (Å²) in [7, 11) is 0. The van der Waals surface area contributed by atoms with Crippen LogP contribution in [-0.2, 0) is 11.2 Å². The summed E-state index contributed by atoms with van der Waals surface area (Å²) in [6.07, 6.45) is 0.0378. The van der Waals surface area contributed by atoms with Gasteiger partial charge in [-0.25, -0.2) is 4.39 Å². The van der Waals surface area contributed by atoms with E-state index in [-0.39, 0.29) is 18.1 Å². The Hall–Kier alpha value is -1.42. The van der Waals surface area contributed by atoms with E-state index in [9.17, 15) is 9.18 Å². The molecule has 0 aliphatic heterocycles. The van der Waals surface area contributed by atoms with Crippen molar-refractivity contribution in [3.05, 3.63) is 35.6 Å². The molecule has 0 bridgehead atoms. The maximum atomic E-state index is 13.3. The van der Waals surface area contributed by atoms with Gasteiger partial charge in [-0.05, 0) is 25.5 Å². The Bertz CT molecular complexity index is 377. The van der Waals surface area contributed by atoms with E-state index in [1.807, 2.05) is 13.8 Å². The van der Waals surface area contributed by atoms with E-state index < -0.39 is 5.54 Å². The lowest BCUT2D eigenvalue weighted by atomic mass is 10.0. The number of nitrogens with two attached hydrogens (primary N) is 1. The number of hydrogen-bond acceptors (Lipinski definition) is 2. The predicted molar refractivity (Wildman–Crippen MR) is 61.4 cm³/mol. The van der Waals surface area contributed by atoms with Crippen LogP contribution in [0.2, 0.25) is 0 Å². The van der Waals surface area contributed by atoms with Crippen molar-refractivity contribution in [2.75, 3.05) is 6.54 Å². The molecular formula is C12H17FN2O. The Morgan fingerprint density at radius 3 is 2.62 bits per heavy atom. The molecule has 3 nitrogen and oxygen atoms in total. The van der Waals surface area contributed by atoms with E-state index in [1.165, 1.54) is 6.07 Å². The molecule has 0 saturated heterocycles. The highest BCUT2D eigenvalue weighted by Gasteiger charge is 2.18. The number of halogens is 1. The number of carbonyl (C=O) groups excluding carboxylic acids is 1. The summed E-state index contributed by atoms with van der Waals surface area (Å²) >= 11 is 0. The maximum Gasteiger partial charge on any atom is 0.224 e. The summed E-state index contributed by atoms with van der Waals surface area (Å²) in [6, 6.07) is 6.25. The smallest absolute Gasteiger partial charge is 0.224 e. The van der Waals surface area contributed by atoms with Crippen LogP contribution >= 0.6 is 0 Å². The van der Waals surface area contributed by atoms with Crippen molar-refractivity contribution in [2.24, 2.45) is 5.73 Å². The molecule has 0 aliphatic rings. The molecule has 0 radical (unpaired) electrons. The third-order valence-electron chi connectivity index (χ3n) is 2.30. The Labute approximate surface area is 94.8 Å². The number of nitrogens with one attached hydrogen (secondary N) is 1. The van der Waals surface area contributed by atoms with Crippen LogP contribution in [0.15, 0.2) is 24.3 Å². The second kappa shape index (κ2) is 5.07. The molecule has 0 unspecified atom stereocenters. The van der Waals surface area contributed by atoms with Crippen molar-refractivity contribution < 1.29 is 9.18 Å². The van der Waals surface area contributed by atoms with Gasteiger partial charge in [0.25, 0.3) is 0 Å². The molecule has 16 heavy (non-hydrogen) atoms. The lowest BCUT2D eigenvalue weighted by Crippen LogP contribution is -2.49. The average Bonchev–Trinajstić information content (AvgIpc) is 2.21. The fourth-order valence-electron chi connectivity index (χ4n) is 1.29. The van der Waals surface area contributed by atoms with Crippen LogP contribution < -0.4 is 11.1 Å². The highest BCUT2D eigenvalue weighted by molar-refractivity contribution is 5.79. The minimum atomic E-state index is -0.456. The largest absolute Gasteiger partial charge is 0.350 e. The van der Waals surface area contributed by atoms with Gasteiger partial charge in [0.15, 0.2) is 0 Å². The maximum absolute atomic E-state index is 13.3. The van der Waals surface area contributed by atoms with Gasteiger partial charge in [-0.1, -0.05) is 18.2 Å². The van der Waals surface area contributed by atoms with E-state index >= 15 is 0 Å². The molecule has 1 aromatic rings. The van der Waals surface area contributed by atoms with Crippen molar-refractivity contribution in [1.29, 1.82) is 0 Å². The van der Waals surface area contributed by atoms with Crippen molar-refractivity contribution >= 4 is 5.91 Å². The summed E-state index contributed by atoms with van der Waals surface area (Å²) in [6.45, 7) is 3.99. The van der Waals surface area contributed by atoms with Gasteiger partial charge in [0.1, 0.15) is 5.82 Å². The van der Waals surface area contributed by atoms with Crippen LogP contribution in [-0.4, -0.2) is 18.0 Å². The predicted octanol–water partition coefficient (Wildman–Crippen LogP) is 1.22. The number of carbonyl (C=O) groups is 1. The minimum absolute atomic E-state index is 0.0378. The normalized spacial score (nSPS) is 11.2. The van der Waals surface area contributed by atoms with E-state index in [2.05, 4.69) is 5.32 Å². The van der Waals surface area contributed by atoms with Gasteiger partial charge in [0.05, 0.1) is 6.42 Å². The fourth-order valence-corrected chi connectivity index (χ4v) is 1.29. The van der Waals surface area contributed by atoms with Crippen molar-refractivity contribution in [3.8, 4) is 0 Å². The molecule has 88 valence electrons. The first-order valence-corrected chi connectivity index (χ1v) is 5.19. The Kier molecular flexibility index (Phi) is 4.01. The van der Waals surface area contributed by atoms with Crippen molar-refractivity contribution in [1.82, 2.24) is 5.32 Å². The Morgan fingerprint density at radius 1 is 1.44 bits per heavy atom. The Morgan fingerprint density at radius 2 is 2.06 bits per heavy atom. The summed E-state index contributed by atoms with van der Waals surface area (Å²) in [5.74, 6) is -0.580. The zero-order valence-electron chi connectivity index (χ0n) is 9.59. The zero-order valence-corrected chi connectivity index (χ0v) is 9.59. The van der Waals surface area contributed by atoms with Gasteiger partial charge < -0.3 is 11.1 Å². The van der Waals surface area contributed by atoms with Crippen molar-refractivity contribution in [3.63, 3.8) is 0 Å². The molecule has 0 atom stereocenters. The van der Waals surface area contributed by atoms with Crippen molar-refractivity contribution in [2.45, 2.75) is 25.8 Å². The molecule has 4 heteroatoms. The first-order valence-electron chi connectivity index (χ1n) is 5.19. The molecule has 0 spiro atoms. The number of benzene rings is 1. The summed E-state index contributed by atoms with van der Waals surface area (Å²) in [5, 5.41) is 2.75. The van der Waals surface area contributed by atoms with Crippen LogP contribution in [0.1, 0.15) is 19.4 Å². The molecule has 0 aliphatic carbocycles. The van der Waals surface area contributed by atoms with E-state index in [0.717, 1.165) is 0 Å². The standard InChI is InChI=1S/C12H17FN2O/c1-12(2,8-14)15-11(16)7-9-5-3-4-6-10(9)13/h3-6H,7-8,14H2,1-2H3,(H,15,16). The van der Waals surface area contributed by atoms with Gasteiger partial charge in [0.2, 0.25) is 5.91 Å². The van der Waals surface area contributed by atoms with E-state index in [4.69, 9.17) is 5.73 Å². The van der Waals surface area contributed by atoms with Gasteiger partial charge in [-0.3, -0.25) is 4.79 Å². The highest BCUT2D eigenvalue weighted by atomic mass is 19.1. The monoisotopic (exact) mass is 224 g/mol. The van der Waals surface area contributed by atoms with Gasteiger partial charge in [-0.15, -0.1) is 0 Å². The van der Waals surface area contributed by atoms with Crippen LogP contribution in [0.3, 0.4) is 0 Å². The first kappa shape index (κ1) is 12.6. The summed E-state index contributed by atoms with van der Waals surface area (Å²) in [4.78, 5) is 11.6. The average molecular weight is 224 g/mol. The molecule has 3 N–H and O–H groups in total. The third-order valence-corrected chi connectivity index (χ3v) is 2.30. The number of hydrogen-bond donors (Lipinski definition) is 2. The van der Waals surface area contributed by atoms with Gasteiger partial charge in [0, 0.05) is 12.1 Å². The van der Waals surface area contributed by atoms with Crippen LogP contribution in [0.5, 0.6) is 0 Å². The summed E-state index contributed by atoms with van der Waals surface area (Å²) < 4.78 is 13.3. The zero-order chi connectivity index (χ0) is 12.2.